The molecule has 152 valence electrons. The van der Waals surface area contributed by atoms with Crippen molar-refractivity contribution in [3.05, 3.63) is 18.2 Å². The van der Waals surface area contributed by atoms with E-state index in [1.165, 1.54) is 36.7 Å². The monoisotopic (exact) mass is 419 g/mol. The Bertz CT molecular complexity index is 877. The van der Waals surface area contributed by atoms with Crippen LogP contribution in [0.2, 0.25) is 0 Å². The van der Waals surface area contributed by atoms with Crippen LogP contribution in [0.15, 0.2) is 23.1 Å². The van der Waals surface area contributed by atoms with E-state index in [2.05, 4.69) is 0 Å². The highest BCUT2D eigenvalue weighted by Gasteiger charge is 2.40. The van der Waals surface area contributed by atoms with Gasteiger partial charge in [0.15, 0.2) is 21.3 Å². The van der Waals surface area contributed by atoms with Crippen molar-refractivity contribution in [1.82, 2.24) is 4.31 Å². The second-order valence-electron chi connectivity index (χ2n) is 6.78. The number of hydrogen-bond donors (Lipinski definition) is 0. The second-order valence-corrected chi connectivity index (χ2v) is 10.9. The van der Waals surface area contributed by atoms with Crippen molar-refractivity contribution in [2.24, 2.45) is 0 Å². The summed E-state index contributed by atoms with van der Waals surface area (Å²) < 4.78 is 67.9. The molecule has 0 aromatic heterocycles. The molecule has 0 radical (unpaired) electrons. The van der Waals surface area contributed by atoms with Crippen LogP contribution in [0, 0.1) is 0 Å². The van der Waals surface area contributed by atoms with Gasteiger partial charge in [-0.25, -0.2) is 16.8 Å². The smallest absolute Gasteiger partial charge is 0.243 e. The van der Waals surface area contributed by atoms with Crippen molar-refractivity contribution in [3.8, 4) is 11.5 Å². The normalized spacial score (nSPS) is 25.0. The average molecular weight is 420 g/mol. The van der Waals surface area contributed by atoms with Crippen molar-refractivity contribution in [2.75, 3.05) is 38.9 Å². The summed E-state index contributed by atoms with van der Waals surface area (Å²) in [6.45, 7) is 0.745. The van der Waals surface area contributed by atoms with E-state index < -0.39 is 25.9 Å². The molecule has 1 aromatic rings. The minimum atomic E-state index is -3.93. The quantitative estimate of drug-likeness (QED) is 0.652. The lowest BCUT2D eigenvalue weighted by atomic mass is 10.2. The number of benzene rings is 1. The van der Waals surface area contributed by atoms with Gasteiger partial charge in [-0.1, -0.05) is 0 Å². The Morgan fingerprint density at radius 1 is 1.19 bits per heavy atom. The van der Waals surface area contributed by atoms with Gasteiger partial charge in [0.2, 0.25) is 10.0 Å². The van der Waals surface area contributed by atoms with E-state index in [9.17, 15) is 16.8 Å². The third-order valence-electron chi connectivity index (χ3n) is 4.98. The Balaban J connectivity index is 1.96. The first-order chi connectivity index (χ1) is 12.8. The first kappa shape index (κ1) is 20.4. The van der Waals surface area contributed by atoms with E-state index in [-0.39, 0.29) is 29.0 Å². The summed E-state index contributed by atoms with van der Waals surface area (Å²) >= 11 is 0. The SMILES string of the molecule is COc1ccc(S(=O)(=O)N(C[C@@H]2CCCO2)[C@@H]2CCS(=O)(=O)C2)cc1OC. The maximum atomic E-state index is 13.4. The lowest BCUT2D eigenvalue weighted by Crippen LogP contribution is -2.45. The first-order valence-electron chi connectivity index (χ1n) is 8.83. The maximum absolute atomic E-state index is 13.4. The number of hydrogen-bond acceptors (Lipinski definition) is 7. The number of sulfonamides is 1. The van der Waals surface area contributed by atoms with E-state index in [1.807, 2.05) is 0 Å². The van der Waals surface area contributed by atoms with Gasteiger partial charge in [0.25, 0.3) is 0 Å². The second kappa shape index (κ2) is 7.94. The summed E-state index contributed by atoms with van der Waals surface area (Å²) in [7, 11) is -4.25. The summed E-state index contributed by atoms with van der Waals surface area (Å²) in [5.41, 5.74) is 0. The van der Waals surface area contributed by atoms with Gasteiger partial charge in [0, 0.05) is 25.3 Å². The lowest BCUT2D eigenvalue weighted by Gasteiger charge is -2.29. The zero-order valence-corrected chi connectivity index (χ0v) is 17.1. The van der Waals surface area contributed by atoms with Crippen LogP contribution in [0.3, 0.4) is 0 Å². The maximum Gasteiger partial charge on any atom is 0.243 e. The summed E-state index contributed by atoms with van der Waals surface area (Å²) in [4.78, 5) is 0.0439. The molecule has 27 heavy (non-hydrogen) atoms. The van der Waals surface area contributed by atoms with Gasteiger partial charge in [-0.15, -0.1) is 0 Å². The van der Waals surface area contributed by atoms with Gasteiger partial charge >= 0.3 is 0 Å². The molecule has 2 fully saturated rings. The molecule has 10 heteroatoms. The molecule has 2 saturated heterocycles. The Hall–Kier alpha value is -1.36. The van der Waals surface area contributed by atoms with Gasteiger partial charge in [0.05, 0.1) is 36.7 Å². The molecule has 2 heterocycles. The van der Waals surface area contributed by atoms with E-state index in [1.54, 1.807) is 0 Å². The largest absolute Gasteiger partial charge is 0.493 e. The van der Waals surface area contributed by atoms with E-state index in [4.69, 9.17) is 14.2 Å². The molecule has 2 aliphatic heterocycles. The molecular formula is C17H25NO7S2. The fourth-order valence-corrected chi connectivity index (χ4v) is 7.07. The van der Waals surface area contributed by atoms with Crippen molar-refractivity contribution >= 4 is 19.9 Å². The first-order valence-corrected chi connectivity index (χ1v) is 12.1. The molecule has 0 bridgehead atoms. The van der Waals surface area contributed by atoms with Gasteiger partial charge in [-0.2, -0.15) is 4.31 Å². The van der Waals surface area contributed by atoms with Crippen molar-refractivity contribution in [1.29, 1.82) is 0 Å². The number of nitrogens with zero attached hydrogens (tertiary/aromatic N) is 1. The fourth-order valence-electron chi connectivity index (χ4n) is 3.55. The zero-order valence-electron chi connectivity index (χ0n) is 15.5. The molecule has 0 saturated carbocycles. The van der Waals surface area contributed by atoms with Crippen LogP contribution in [0.5, 0.6) is 11.5 Å². The highest BCUT2D eigenvalue weighted by Crippen LogP contribution is 2.33. The van der Waals surface area contributed by atoms with Crippen molar-refractivity contribution in [3.63, 3.8) is 0 Å². The number of sulfone groups is 1. The molecule has 8 nitrogen and oxygen atoms in total. The van der Waals surface area contributed by atoms with E-state index in [0.717, 1.165) is 12.8 Å². The Kier molecular flexibility index (Phi) is 5.99. The molecule has 0 amide bonds. The Labute approximate surface area is 160 Å². The molecule has 2 atom stereocenters. The van der Waals surface area contributed by atoms with Crippen LogP contribution in [0.4, 0.5) is 0 Å². The predicted molar refractivity (Wildman–Crippen MR) is 99.5 cm³/mol. The minimum absolute atomic E-state index is 0.00114. The predicted octanol–water partition coefficient (Wildman–Crippen LogP) is 1.06. The average Bonchev–Trinajstić information content (AvgIpc) is 3.27. The molecule has 0 spiro atoms. The highest BCUT2D eigenvalue weighted by molar-refractivity contribution is 7.92. The van der Waals surface area contributed by atoms with Gasteiger partial charge < -0.3 is 14.2 Å². The third-order valence-corrected chi connectivity index (χ3v) is 8.65. The van der Waals surface area contributed by atoms with Crippen LogP contribution in [-0.2, 0) is 24.6 Å². The minimum Gasteiger partial charge on any atom is -0.493 e. The molecule has 0 N–H and O–H groups in total. The van der Waals surface area contributed by atoms with Crippen LogP contribution in [0.25, 0.3) is 0 Å². The van der Waals surface area contributed by atoms with Crippen molar-refractivity contribution in [2.45, 2.75) is 36.3 Å². The molecule has 3 rings (SSSR count). The number of rotatable bonds is 7. The van der Waals surface area contributed by atoms with Crippen molar-refractivity contribution < 1.29 is 31.0 Å². The third kappa shape index (κ3) is 4.39. The molecule has 1 aromatic carbocycles. The zero-order chi connectivity index (χ0) is 19.7. The van der Waals surface area contributed by atoms with E-state index in [0.29, 0.717) is 24.5 Å². The van der Waals surface area contributed by atoms with Crippen LogP contribution in [0.1, 0.15) is 19.3 Å². The standard InChI is InChI=1S/C17H25NO7S2/c1-23-16-6-5-15(10-17(16)24-2)27(21,22)18(11-14-4-3-8-25-14)13-7-9-26(19,20)12-13/h5-6,10,13-14H,3-4,7-9,11-12H2,1-2H3/t13-,14+/m1/s1. The summed E-state index contributed by atoms with van der Waals surface area (Å²) in [6, 6.07) is 3.79. The van der Waals surface area contributed by atoms with Gasteiger partial charge in [0.1, 0.15) is 0 Å². The highest BCUT2D eigenvalue weighted by atomic mass is 32.2. The van der Waals surface area contributed by atoms with E-state index >= 15 is 0 Å². The Morgan fingerprint density at radius 2 is 1.93 bits per heavy atom. The van der Waals surface area contributed by atoms with Gasteiger partial charge in [-0.05, 0) is 31.4 Å². The molecule has 0 unspecified atom stereocenters. The summed E-state index contributed by atoms with van der Waals surface area (Å²) in [5.74, 6) is 0.563. The molecule has 2 aliphatic rings. The van der Waals surface area contributed by atoms with Gasteiger partial charge in [-0.3, -0.25) is 0 Å². The fraction of sp³-hybridized carbons (Fsp3) is 0.647. The molecular weight excluding hydrogens is 394 g/mol. The number of methoxy groups -OCH3 is 2. The Morgan fingerprint density at radius 3 is 2.48 bits per heavy atom. The topological polar surface area (TPSA) is 99.2 Å². The summed E-state index contributed by atoms with van der Waals surface area (Å²) in [5, 5.41) is 0. The molecule has 0 aliphatic carbocycles. The van der Waals surface area contributed by atoms with Crippen LogP contribution < -0.4 is 9.47 Å². The summed E-state index contributed by atoms with van der Waals surface area (Å²) in [6.07, 6.45) is 1.71. The van der Waals surface area contributed by atoms with Crippen LogP contribution >= 0.6 is 0 Å². The van der Waals surface area contributed by atoms with Crippen LogP contribution in [-0.4, -0.2) is 72.2 Å². The lowest BCUT2D eigenvalue weighted by molar-refractivity contribution is 0.0877. The number of ether oxygens (including phenoxy) is 3.